The van der Waals surface area contributed by atoms with E-state index in [9.17, 15) is 0 Å². The largest absolute Gasteiger partial charge is 0.508 e. The van der Waals surface area contributed by atoms with E-state index in [-0.39, 0.29) is 17.3 Å². The van der Waals surface area contributed by atoms with Crippen LogP contribution in [0.3, 0.4) is 0 Å². The van der Waals surface area contributed by atoms with Gasteiger partial charge in [-0.3, -0.25) is 5.41 Å². The van der Waals surface area contributed by atoms with Crippen molar-refractivity contribution in [2.45, 2.75) is 0 Å². The Kier molecular flexibility index (Phi) is 1.68. The van der Waals surface area contributed by atoms with Crippen molar-refractivity contribution in [1.82, 2.24) is 0 Å². The number of phenolic OH excluding ortho intramolecular Hbond substituents is 2. The predicted molar refractivity (Wildman–Crippen MR) is 40.8 cm³/mol. The predicted octanol–water partition coefficient (Wildman–Crippen LogP) is 0.382. The van der Waals surface area contributed by atoms with Crippen molar-refractivity contribution < 1.29 is 10.2 Å². The summed E-state index contributed by atoms with van der Waals surface area (Å²) >= 11 is 0. The summed E-state index contributed by atoms with van der Waals surface area (Å²) in [5.74, 6) is -0.387. The monoisotopic (exact) mass is 152 g/mol. The third-order valence-corrected chi connectivity index (χ3v) is 1.21. The third-order valence-electron chi connectivity index (χ3n) is 1.21. The van der Waals surface area contributed by atoms with Gasteiger partial charge in [0.05, 0.1) is 0 Å². The Morgan fingerprint density at radius 1 is 1.18 bits per heavy atom. The van der Waals surface area contributed by atoms with Crippen LogP contribution in [0, 0.1) is 5.41 Å². The van der Waals surface area contributed by atoms with Gasteiger partial charge in [-0.2, -0.15) is 0 Å². The van der Waals surface area contributed by atoms with E-state index >= 15 is 0 Å². The lowest BCUT2D eigenvalue weighted by atomic mass is 10.2. The number of rotatable bonds is 1. The molecule has 1 aromatic rings. The topological polar surface area (TPSA) is 90.3 Å². The Bertz CT molecular complexity index is 276. The summed E-state index contributed by atoms with van der Waals surface area (Å²) in [5.41, 5.74) is 5.42. The van der Waals surface area contributed by atoms with Crippen LogP contribution < -0.4 is 5.73 Å². The first-order valence-corrected chi connectivity index (χ1v) is 2.97. The Balaban J connectivity index is 3.19. The highest BCUT2D eigenvalue weighted by molar-refractivity contribution is 5.95. The van der Waals surface area contributed by atoms with Gasteiger partial charge in [-0.1, -0.05) is 0 Å². The Labute approximate surface area is 63.4 Å². The fraction of sp³-hybridized carbons (Fsp3) is 0. The number of nitrogens with one attached hydrogen (secondary N) is 1. The van der Waals surface area contributed by atoms with E-state index in [0.717, 1.165) is 0 Å². The molecule has 0 unspecified atom stereocenters. The summed E-state index contributed by atoms with van der Waals surface area (Å²) in [4.78, 5) is 0. The zero-order valence-corrected chi connectivity index (χ0v) is 5.70. The van der Waals surface area contributed by atoms with Gasteiger partial charge in [-0.25, -0.2) is 0 Å². The zero-order valence-electron chi connectivity index (χ0n) is 5.70. The van der Waals surface area contributed by atoms with E-state index in [0.29, 0.717) is 5.56 Å². The van der Waals surface area contributed by atoms with Crippen molar-refractivity contribution in [1.29, 1.82) is 5.41 Å². The number of amidine groups is 1. The van der Waals surface area contributed by atoms with Crippen LogP contribution in [0.2, 0.25) is 0 Å². The first-order valence-electron chi connectivity index (χ1n) is 2.97. The van der Waals surface area contributed by atoms with Crippen LogP contribution in [-0.2, 0) is 0 Å². The lowest BCUT2D eigenvalue weighted by molar-refractivity contribution is 0.450. The second-order valence-electron chi connectivity index (χ2n) is 2.15. The first kappa shape index (κ1) is 7.40. The lowest BCUT2D eigenvalue weighted by Crippen LogP contribution is -2.10. The number of hydrogen-bond acceptors (Lipinski definition) is 3. The van der Waals surface area contributed by atoms with E-state index in [1.54, 1.807) is 0 Å². The van der Waals surface area contributed by atoms with Crippen LogP contribution in [0.4, 0.5) is 0 Å². The molecule has 0 aliphatic carbocycles. The molecule has 0 fully saturated rings. The van der Waals surface area contributed by atoms with E-state index in [2.05, 4.69) is 0 Å². The average molecular weight is 152 g/mol. The molecule has 4 nitrogen and oxygen atoms in total. The number of nitrogens with two attached hydrogens (primary N) is 1. The lowest BCUT2D eigenvalue weighted by Gasteiger charge is -1.99. The number of phenols is 2. The van der Waals surface area contributed by atoms with Crippen LogP contribution in [0.1, 0.15) is 5.56 Å². The molecular formula is C7H8N2O2. The minimum atomic E-state index is -0.184. The molecule has 0 saturated heterocycles. The SMILES string of the molecule is N=C(N)c1cc(O)cc(O)c1. The molecule has 0 aromatic heterocycles. The second kappa shape index (κ2) is 2.49. The van der Waals surface area contributed by atoms with E-state index < -0.39 is 0 Å². The number of hydrogen-bond donors (Lipinski definition) is 4. The van der Waals surface area contributed by atoms with Crippen molar-refractivity contribution in [2.24, 2.45) is 5.73 Å². The molecule has 1 aromatic carbocycles. The highest BCUT2D eigenvalue weighted by Gasteiger charge is 2.00. The maximum absolute atomic E-state index is 8.93. The Morgan fingerprint density at radius 3 is 2.00 bits per heavy atom. The van der Waals surface area contributed by atoms with Gasteiger partial charge in [0, 0.05) is 11.6 Å². The molecule has 4 heteroatoms. The second-order valence-corrected chi connectivity index (χ2v) is 2.15. The summed E-state index contributed by atoms with van der Waals surface area (Å²) in [6.45, 7) is 0. The molecule has 0 spiro atoms. The maximum Gasteiger partial charge on any atom is 0.123 e. The summed E-state index contributed by atoms with van der Waals surface area (Å²) in [6, 6.07) is 3.79. The van der Waals surface area contributed by atoms with Gasteiger partial charge < -0.3 is 15.9 Å². The van der Waals surface area contributed by atoms with Gasteiger partial charge in [0.2, 0.25) is 0 Å². The molecule has 11 heavy (non-hydrogen) atoms. The fourth-order valence-corrected chi connectivity index (χ4v) is 0.751. The van der Waals surface area contributed by atoms with E-state index in [4.69, 9.17) is 21.4 Å². The quantitative estimate of drug-likeness (QED) is 0.346. The molecule has 58 valence electrons. The normalized spacial score (nSPS) is 9.45. The molecule has 0 radical (unpaired) electrons. The van der Waals surface area contributed by atoms with Crippen molar-refractivity contribution >= 4 is 5.84 Å². The van der Waals surface area contributed by atoms with Gasteiger partial charge in [0.1, 0.15) is 17.3 Å². The third kappa shape index (κ3) is 1.61. The number of aromatic hydroxyl groups is 2. The molecular weight excluding hydrogens is 144 g/mol. The average Bonchev–Trinajstić information content (AvgIpc) is 1.85. The van der Waals surface area contributed by atoms with Crippen LogP contribution >= 0.6 is 0 Å². The smallest absolute Gasteiger partial charge is 0.123 e. The highest BCUT2D eigenvalue weighted by atomic mass is 16.3. The first-order chi connectivity index (χ1) is 5.09. The van der Waals surface area contributed by atoms with Crippen LogP contribution in [0.5, 0.6) is 11.5 Å². The van der Waals surface area contributed by atoms with Crippen molar-refractivity contribution in [3.8, 4) is 11.5 Å². The summed E-state index contributed by atoms with van der Waals surface area (Å²) in [7, 11) is 0. The van der Waals surface area contributed by atoms with Crippen molar-refractivity contribution in [2.75, 3.05) is 0 Å². The van der Waals surface area contributed by atoms with Gasteiger partial charge in [-0.05, 0) is 12.1 Å². The molecule has 0 amide bonds. The Hall–Kier alpha value is -1.71. The molecule has 1 rings (SSSR count). The van der Waals surface area contributed by atoms with Crippen LogP contribution in [0.15, 0.2) is 18.2 Å². The summed E-state index contributed by atoms with van der Waals surface area (Å²) in [6.07, 6.45) is 0. The molecule has 0 bridgehead atoms. The maximum atomic E-state index is 8.93. The molecule has 0 heterocycles. The van der Waals surface area contributed by atoms with E-state index in [1.165, 1.54) is 18.2 Å². The molecule has 0 saturated carbocycles. The van der Waals surface area contributed by atoms with Gasteiger partial charge in [-0.15, -0.1) is 0 Å². The minimum absolute atomic E-state index is 0.102. The van der Waals surface area contributed by atoms with Crippen LogP contribution in [0.25, 0.3) is 0 Å². The van der Waals surface area contributed by atoms with E-state index in [1.807, 2.05) is 0 Å². The summed E-state index contributed by atoms with van der Waals surface area (Å²) < 4.78 is 0. The molecule has 5 N–H and O–H groups in total. The summed E-state index contributed by atoms with van der Waals surface area (Å²) in [5, 5.41) is 24.8. The zero-order chi connectivity index (χ0) is 8.43. The highest BCUT2D eigenvalue weighted by Crippen LogP contribution is 2.19. The number of benzene rings is 1. The molecule has 0 atom stereocenters. The number of nitrogen functional groups attached to an aromatic ring is 1. The van der Waals surface area contributed by atoms with Crippen molar-refractivity contribution in [3.63, 3.8) is 0 Å². The Morgan fingerprint density at radius 2 is 1.64 bits per heavy atom. The molecule has 0 aliphatic heterocycles. The fourth-order valence-electron chi connectivity index (χ4n) is 0.751. The van der Waals surface area contributed by atoms with Gasteiger partial charge in [0.25, 0.3) is 0 Å². The van der Waals surface area contributed by atoms with Crippen LogP contribution in [-0.4, -0.2) is 16.0 Å². The minimum Gasteiger partial charge on any atom is -0.508 e. The molecule has 0 aliphatic rings. The van der Waals surface area contributed by atoms with Gasteiger partial charge >= 0.3 is 0 Å². The van der Waals surface area contributed by atoms with Gasteiger partial charge in [0.15, 0.2) is 0 Å². The standard InChI is InChI=1S/C7H8N2O2/c8-7(9)4-1-5(10)3-6(11)2-4/h1-3,10-11H,(H3,8,9). The van der Waals surface area contributed by atoms with Crippen molar-refractivity contribution in [3.05, 3.63) is 23.8 Å².